The molecule has 0 saturated carbocycles. The number of hydrogen-bond acceptors (Lipinski definition) is 3. The van der Waals surface area contributed by atoms with Crippen LogP contribution in [-0.4, -0.2) is 14.8 Å². The Kier molecular flexibility index (Phi) is 2.13. The van der Waals surface area contributed by atoms with Gasteiger partial charge in [-0.2, -0.15) is 9.67 Å². The fraction of sp³-hybridized carbons (Fsp3) is 0.111. The van der Waals surface area contributed by atoms with E-state index in [0.717, 1.165) is 5.69 Å². The maximum atomic E-state index is 5.77. The lowest BCUT2D eigenvalue weighted by Crippen LogP contribution is -2.01. The predicted octanol–water partition coefficient (Wildman–Crippen LogP) is 1.81. The third-order valence-corrected chi connectivity index (χ3v) is 2.06. The van der Waals surface area contributed by atoms with Crippen LogP contribution in [-0.2, 0) is 0 Å². The Hall–Kier alpha value is -1.55. The maximum absolute atomic E-state index is 5.77. The number of aromatic nitrogens is 3. The van der Waals surface area contributed by atoms with Crippen molar-refractivity contribution < 1.29 is 0 Å². The zero-order chi connectivity index (χ0) is 10.1. The predicted molar refractivity (Wildman–Crippen MR) is 55.5 cm³/mol. The van der Waals surface area contributed by atoms with Gasteiger partial charge in [0.15, 0.2) is 0 Å². The molecule has 4 nitrogen and oxygen atoms in total. The molecule has 0 aliphatic heterocycles. The summed E-state index contributed by atoms with van der Waals surface area (Å²) in [7, 11) is 0. The molecule has 0 amide bonds. The molecule has 14 heavy (non-hydrogen) atoms. The van der Waals surface area contributed by atoms with Crippen molar-refractivity contribution in [2.45, 2.75) is 6.92 Å². The molecule has 0 aliphatic rings. The molecule has 2 aromatic rings. The fourth-order valence-electron chi connectivity index (χ4n) is 1.20. The molecular weight excluding hydrogens is 200 g/mol. The molecule has 1 aromatic heterocycles. The lowest BCUT2D eigenvalue weighted by Gasteiger charge is -2.01. The summed E-state index contributed by atoms with van der Waals surface area (Å²) in [5.74, 6) is 1.03. The molecule has 2 N–H and O–H groups in total. The van der Waals surface area contributed by atoms with E-state index in [1.54, 1.807) is 23.7 Å². The van der Waals surface area contributed by atoms with Crippen LogP contribution in [0.15, 0.2) is 24.3 Å². The second-order valence-electron chi connectivity index (χ2n) is 2.91. The maximum Gasteiger partial charge on any atom is 0.223 e. The van der Waals surface area contributed by atoms with Gasteiger partial charge in [0.1, 0.15) is 5.82 Å². The average molecular weight is 209 g/mol. The van der Waals surface area contributed by atoms with Gasteiger partial charge in [-0.3, -0.25) is 0 Å². The molecule has 1 heterocycles. The van der Waals surface area contributed by atoms with Gasteiger partial charge in [-0.05, 0) is 31.2 Å². The highest BCUT2D eigenvalue weighted by Gasteiger charge is 2.04. The van der Waals surface area contributed by atoms with Crippen LogP contribution >= 0.6 is 11.6 Å². The van der Waals surface area contributed by atoms with E-state index in [1.807, 2.05) is 12.1 Å². The fourth-order valence-corrected chi connectivity index (χ4v) is 1.33. The van der Waals surface area contributed by atoms with Crippen LogP contribution in [0, 0.1) is 6.92 Å². The Balaban J connectivity index is 2.49. The van der Waals surface area contributed by atoms with E-state index >= 15 is 0 Å². The van der Waals surface area contributed by atoms with Gasteiger partial charge < -0.3 is 5.73 Å². The van der Waals surface area contributed by atoms with Gasteiger partial charge >= 0.3 is 0 Å². The van der Waals surface area contributed by atoms with Crippen LogP contribution in [0.1, 0.15) is 5.82 Å². The number of anilines is 1. The second-order valence-corrected chi connectivity index (χ2v) is 3.34. The van der Waals surface area contributed by atoms with E-state index in [-0.39, 0.29) is 0 Å². The SMILES string of the molecule is Cc1nc(N)n(-c2ccc(Cl)cc2)n1. The van der Waals surface area contributed by atoms with Crippen molar-refractivity contribution in [3.63, 3.8) is 0 Å². The number of nitrogen functional groups attached to an aromatic ring is 1. The number of nitrogens with two attached hydrogens (primary N) is 1. The molecule has 1 aromatic carbocycles. The third kappa shape index (κ3) is 1.56. The van der Waals surface area contributed by atoms with Crippen LogP contribution in [0.2, 0.25) is 5.02 Å². The Morgan fingerprint density at radius 2 is 1.93 bits per heavy atom. The zero-order valence-electron chi connectivity index (χ0n) is 7.61. The number of benzene rings is 1. The topological polar surface area (TPSA) is 56.7 Å². The number of halogens is 1. The van der Waals surface area contributed by atoms with E-state index in [0.29, 0.717) is 16.8 Å². The molecule has 5 heteroatoms. The molecule has 0 unspecified atom stereocenters. The molecule has 72 valence electrons. The van der Waals surface area contributed by atoms with Crippen LogP contribution in [0.4, 0.5) is 5.95 Å². The Bertz CT molecular complexity index is 446. The van der Waals surface area contributed by atoms with Crippen LogP contribution < -0.4 is 5.73 Å². The summed E-state index contributed by atoms with van der Waals surface area (Å²) in [5, 5.41) is 4.83. The minimum absolute atomic E-state index is 0.379. The van der Waals surface area contributed by atoms with E-state index in [9.17, 15) is 0 Å². The molecule has 2 rings (SSSR count). The summed E-state index contributed by atoms with van der Waals surface area (Å²) >= 11 is 5.77. The van der Waals surface area contributed by atoms with Crippen LogP contribution in [0.25, 0.3) is 5.69 Å². The smallest absolute Gasteiger partial charge is 0.223 e. The zero-order valence-corrected chi connectivity index (χ0v) is 8.36. The van der Waals surface area contributed by atoms with Crippen molar-refractivity contribution in [3.05, 3.63) is 35.1 Å². The van der Waals surface area contributed by atoms with Crippen molar-refractivity contribution in [2.24, 2.45) is 0 Å². The highest BCUT2D eigenvalue weighted by Crippen LogP contribution is 2.14. The largest absolute Gasteiger partial charge is 0.368 e. The molecule has 0 fully saturated rings. The number of hydrogen-bond donors (Lipinski definition) is 1. The number of aryl methyl sites for hydroxylation is 1. The highest BCUT2D eigenvalue weighted by molar-refractivity contribution is 6.30. The lowest BCUT2D eigenvalue weighted by atomic mass is 10.3. The Morgan fingerprint density at radius 3 is 2.43 bits per heavy atom. The van der Waals surface area contributed by atoms with Gasteiger partial charge in [-0.15, -0.1) is 5.10 Å². The Morgan fingerprint density at radius 1 is 1.29 bits per heavy atom. The first-order valence-electron chi connectivity index (χ1n) is 4.12. The normalized spacial score (nSPS) is 10.4. The summed E-state index contributed by atoms with van der Waals surface area (Å²) in [6.45, 7) is 1.79. The van der Waals surface area contributed by atoms with Crippen molar-refractivity contribution in [3.8, 4) is 5.69 Å². The van der Waals surface area contributed by atoms with Gasteiger partial charge in [0.2, 0.25) is 5.95 Å². The minimum Gasteiger partial charge on any atom is -0.368 e. The summed E-state index contributed by atoms with van der Waals surface area (Å²) in [6, 6.07) is 7.25. The van der Waals surface area contributed by atoms with Gasteiger partial charge in [-0.1, -0.05) is 11.6 Å². The Labute approximate surface area is 86.3 Å². The summed E-state index contributed by atoms with van der Waals surface area (Å²) in [4.78, 5) is 4.01. The second kappa shape index (κ2) is 3.31. The van der Waals surface area contributed by atoms with Gasteiger partial charge in [0.25, 0.3) is 0 Å². The quantitative estimate of drug-likeness (QED) is 0.778. The van der Waals surface area contributed by atoms with Crippen LogP contribution in [0.5, 0.6) is 0 Å². The lowest BCUT2D eigenvalue weighted by molar-refractivity contribution is 0.872. The third-order valence-electron chi connectivity index (χ3n) is 1.81. The van der Waals surface area contributed by atoms with Gasteiger partial charge in [0.05, 0.1) is 5.69 Å². The van der Waals surface area contributed by atoms with Gasteiger partial charge in [0, 0.05) is 5.02 Å². The number of nitrogens with zero attached hydrogens (tertiary/aromatic N) is 3. The molecule has 0 atom stereocenters. The molecule has 0 radical (unpaired) electrons. The standard InChI is InChI=1S/C9H9ClN4/c1-6-12-9(11)14(13-6)8-4-2-7(10)3-5-8/h2-5H,1H3,(H2,11,12,13). The van der Waals surface area contributed by atoms with Crippen molar-refractivity contribution in [2.75, 3.05) is 5.73 Å². The first kappa shape index (κ1) is 9.02. The molecular formula is C9H9ClN4. The molecule has 0 spiro atoms. The summed E-state index contributed by atoms with van der Waals surface area (Å²) in [5.41, 5.74) is 6.52. The summed E-state index contributed by atoms with van der Waals surface area (Å²) in [6.07, 6.45) is 0. The monoisotopic (exact) mass is 208 g/mol. The molecule has 0 saturated heterocycles. The van der Waals surface area contributed by atoms with Crippen molar-refractivity contribution in [1.29, 1.82) is 0 Å². The number of rotatable bonds is 1. The van der Waals surface area contributed by atoms with Crippen molar-refractivity contribution in [1.82, 2.24) is 14.8 Å². The van der Waals surface area contributed by atoms with Crippen LogP contribution in [0.3, 0.4) is 0 Å². The van der Waals surface area contributed by atoms with E-state index in [4.69, 9.17) is 17.3 Å². The van der Waals surface area contributed by atoms with Gasteiger partial charge in [-0.25, -0.2) is 0 Å². The summed E-state index contributed by atoms with van der Waals surface area (Å²) < 4.78 is 1.58. The first-order valence-corrected chi connectivity index (χ1v) is 4.50. The highest BCUT2D eigenvalue weighted by atomic mass is 35.5. The minimum atomic E-state index is 0.379. The van der Waals surface area contributed by atoms with E-state index in [1.165, 1.54) is 0 Å². The first-order chi connectivity index (χ1) is 6.66. The van der Waals surface area contributed by atoms with E-state index < -0.39 is 0 Å². The van der Waals surface area contributed by atoms with Crippen molar-refractivity contribution >= 4 is 17.5 Å². The van der Waals surface area contributed by atoms with E-state index in [2.05, 4.69) is 10.1 Å². The average Bonchev–Trinajstić information content (AvgIpc) is 2.47. The molecule has 0 bridgehead atoms. The molecule has 0 aliphatic carbocycles.